The normalized spacial score (nSPS) is 10.8. The van der Waals surface area contributed by atoms with Crippen LogP contribution in [0.15, 0.2) is 138 Å². The summed E-state index contributed by atoms with van der Waals surface area (Å²) in [6.45, 7) is 8.86. The van der Waals surface area contributed by atoms with Crippen LogP contribution in [0, 0.1) is 6.07 Å². The van der Waals surface area contributed by atoms with E-state index in [0.717, 1.165) is 11.3 Å². The van der Waals surface area contributed by atoms with E-state index in [4.69, 9.17) is 4.99 Å². The van der Waals surface area contributed by atoms with Crippen molar-refractivity contribution in [2.75, 3.05) is 0 Å². The van der Waals surface area contributed by atoms with Crippen molar-refractivity contribution in [3.05, 3.63) is 156 Å². The Morgan fingerprint density at radius 3 is 1.37 bits per heavy atom. The van der Waals surface area contributed by atoms with Crippen LogP contribution in [0.3, 0.4) is 0 Å². The van der Waals surface area contributed by atoms with E-state index >= 15 is 0 Å². The van der Waals surface area contributed by atoms with Gasteiger partial charge in [-0.05, 0) is 29.2 Å². The first-order valence-electron chi connectivity index (χ1n) is 13.8. The van der Waals surface area contributed by atoms with Crippen molar-refractivity contribution in [1.29, 1.82) is 0 Å². The first-order chi connectivity index (χ1) is 20.0. The Bertz CT molecular complexity index is 1320. The number of aliphatic imine (C=N–C) groups is 1. The predicted molar refractivity (Wildman–Crippen MR) is 177 cm³/mol. The van der Waals surface area contributed by atoms with Crippen molar-refractivity contribution in [2.24, 2.45) is 4.99 Å². The van der Waals surface area contributed by atoms with Crippen LogP contribution < -0.4 is 13.1 Å². The van der Waals surface area contributed by atoms with Crippen LogP contribution in [0.4, 0.5) is 5.69 Å². The molecule has 212 valence electrons. The van der Waals surface area contributed by atoms with Crippen molar-refractivity contribution < 1.29 is 18.2 Å². The third kappa shape index (κ3) is 9.95. The van der Waals surface area contributed by atoms with E-state index in [-0.39, 0.29) is 0 Å². The summed E-state index contributed by atoms with van der Waals surface area (Å²) in [5, 5.41) is 0. The Morgan fingerprint density at radius 1 is 0.585 bits per heavy atom. The van der Waals surface area contributed by atoms with Gasteiger partial charge in [0.25, 0.3) is 0 Å². The van der Waals surface area contributed by atoms with E-state index < -0.39 is 14.7 Å². The second-order valence-electron chi connectivity index (χ2n) is 10.0. The van der Waals surface area contributed by atoms with Gasteiger partial charge in [-0.2, -0.15) is 0 Å². The average Bonchev–Trinajstić information content (AvgIpc) is 3.03. The number of hydrogen-bond donors (Lipinski definition) is 0. The molecule has 0 heterocycles. The van der Waals surface area contributed by atoms with E-state index in [2.05, 4.69) is 171 Å². The Balaban J connectivity index is 0.000000213. The molecule has 0 spiro atoms. The van der Waals surface area contributed by atoms with Gasteiger partial charge in [-0.15, -0.1) is 35.9 Å². The van der Waals surface area contributed by atoms with Gasteiger partial charge >= 0.3 is 146 Å². The average molecular weight is 713 g/mol. The zero-order valence-corrected chi connectivity index (χ0v) is 28.2. The molecule has 0 saturated heterocycles. The Hall–Kier alpha value is -2.72. The van der Waals surface area contributed by atoms with Gasteiger partial charge < -0.3 is 4.99 Å². The summed E-state index contributed by atoms with van der Waals surface area (Å²) in [5.41, 5.74) is 4.75. The SMILES string of the molecule is CC(C)c1cccc(C(C)C)c1N=Cc1[c-]cccc1.[Cl][Pd+].c1ccc([As](c2ccccc2)c2ccccc2)cc1. The van der Waals surface area contributed by atoms with Crippen LogP contribution in [0.25, 0.3) is 0 Å². The molecule has 0 aromatic heterocycles. The minimum atomic E-state index is -1.39. The second-order valence-corrected chi connectivity index (χ2v) is 14.7. The summed E-state index contributed by atoms with van der Waals surface area (Å²) in [5.74, 6) is 0.946. The number of benzene rings is 5. The van der Waals surface area contributed by atoms with E-state index in [9.17, 15) is 0 Å². The van der Waals surface area contributed by atoms with Gasteiger partial charge in [-0.1, -0.05) is 45.9 Å². The summed E-state index contributed by atoms with van der Waals surface area (Å²) in [4.78, 5) is 4.76. The molecule has 0 aliphatic heterocycles. The molecule has 0 atom stereocenters. The molecule has 5 aromatic rings. The van der Waals surface area contributed by atoms with Gasteiger partial charge in [0.2, 0.25) is 0 Å². The quantitative estimate of drug-likeness (QED) is 0.0914. The van der Waals surface area contributed by atoms with Crippen molar-refractivity contribution in [3.8, 4) is 0 Å². The van der Waals surface area contributed by atoms with Crippen molar-refractivity contribution in [2.45, 2.75) is 39.5 Å². The standard InChI is InChI=1S/C19H22N.C18H15As.ClH.Pd/c1-14(2)17-11-8-12-18(15(3)4)19(17)20-13-16-9-6-5-7-10-16;1-4-10-16(11-5-1)19(17-12-6-2-7-13-17)18-14-8-3-9-15-18;;/h5-9,11-15H,1-4H3;1-15H;1H;/q-1;;;+2/p-1. The molecule has 0 saturated carbocycles. The van der Waals surface area contributed by atoms with E-state index in [0.29, 0.717) is 11.8 Å². The summed E-state index contributed by atoms with van der Waals surface area (Å²) in [6.07, 6.45) is 1.91. The van der Waals surface area contributed by atoms with Crippen molar-refractivity contribution in [3.63, 3.8) is 0 Å². The van der Waals surface area contributed by atoms with Gasteiger partial charge in [0.15, 0.2) is 0 Å². The van der Waals surface area contributed by atoms with Crippen molar-refractivity contribution >= 4 is 49.1 Å². The third-order valence-electron chi connectivity index (χ3n) is 6.45. The molecule has 0 amide bonds. The maximum absolute atomic E-state index is 4.76. The maximum atomic E-state index is 4.76. The topological polar surface area (TPSA) is 12.4 Å². The molecular weight excluding hydrogens is 675 g/mol. The summed E-state index contributed by atoms with van der Waals surface area (Å²) >= 11 is 0.833. The van der Waals surface area contributed by atoms with Crippen LogP contribution in [-0.4, -0.2) is 20.9 Å². The second kappa shape index (κ2) is 18.0. The van der Waals surface area contributed by atoms with E-state index in [1.807, 2.05) is 30.5 Å². The van der Waals surface area contributed by atoms with Crippen molar-refractivity contribution in [1.82, 2.24) is 0 Å². The molecule has 0 aliphatic rings. The molecule has 41 heavy (non-hydrogen) atoms. The van der Waals surface area contributed by atoms with Crippen LogP contribution in [0.5, 0.6) is 0 Å². The molecule has 0 radical (unpaired) electrons. The number of nitrogens with zero attached hydrogens (tertiary/aromatic N) is 1. The molecule has 4 heteroatoms. The number of para-hydroxylation sites is 1. The van der Waals surface area contributed by atoms with Gasteiger partial charge in [0.1, 0.15) is 0 Å². The summed E-state index contributed by atoms with van der Waals surface area (Å²) in [6, 6.07) is 50.3. The zero-order chi connectivity index (χ0) is 29.5. The Morgan fingerprint density at radius 2 is 1.00 bits per heavy atom. The number of rotatable bonds is 7. The van der Waals surface area contributed by atoms with Crippen LogP contribution in [-0.2, 0) is 18.2 Å². The Kier molecular flexibility index (Phi) is 14.4. The minimum absolute atomic E-state index is 0.473. The molecule has 5 rings (SSSR count). The summed E-state index contributed by atoms with van der Waals surface area (Å²) < 4.78 is 4.44. The van der Waals surface area contributed by atoms with Crippen LogP contribution >= 0.6 is 9.53 Å². The zero-order valence-electron chi connectivity index (χ0n) is 24.0. The monoisotopic (exact) mass is 711 g/mol. The van der Waals surface area contributed by atoms with Gasteiger partial charge in [-0.25, -0.2) is 0 Å². The van der Waals surface area contributed by atoms with Gasteiger partial charge in [-0.3, -0.25) is 0 Å². The molecule has 0 unspecified atom stereocenters. The predicted octanol–water partition coefficient (Wildman–Crippen LogP) is 8.37. The fourth-order valence-corrected chi connectivity index (χ4v) is 9.30. The molecular formula is C37H37AsClNPd. The fraction of sp³-hybridized carbons (Fsp3) is 0.162. The van der Waals surface area contributed by atoms with E-state index in [1.165, 1.54) is 24.2 Å². The Labute approximate surface area is 266 Å². The van der Waals surface area contributed by atoms with E-state index in [1.54, 1.807) is 0 Å². The van der Waals surface area contributed by atoms with Gasteiger partial charge in [0.05, 0.1) is 5.69 Å². The first-order valence-corrected chi connectivity index (χ1v) is 18.6. The van der Waals surface area contributed by atoms with Crippen LogP contribution in [0.1, 0.15) is 56.2 Å². The third-order valence-corrected chi connectivity index (χ3v) is 11.6. The molecule has 1 nitrogen and oxygen atoms in total. The molecule has 0 bridgehead atoms. The summed E-state index contributed by atoms with van der Waals surface area (Å²) in [7, 11) is 4.49. The molecule has 0 fully saturated rings. The fourth-order valence-electron chi connectivity index (χ4n) is 4.46. The first kappa shape index (κ1) is 32.8. The van der Waals surface area contributed by atoms with Crippen LogP contribution in [0.2, 0.25) is 0 Å². The number of halogens is 1. The molecule has 5 aromatic carbocycles. The molecule has 0 aliphatic carbocycles. The molecule has 0 N–H and O–H groups in total. The van der Waals surface area contributed by atoms with Gasteiger partial charge in [0, 0.05) is 0 Å². The number of hydrogen-bond acceptors (Lipinski definition) is 1.